The first-order valence-electron chi connectivity index (χ1n) is 8.08. The van der Waals surface area contributed by atoms with E-state index in [2.05, 4.69) is 10.3 Å². The third kappa shape index (κ3) is 2.38. The van der Waals surface area contributed by atoms with Gasteiger partial charge in [-0.05, 0) is 37.8 Å². The normalized spacial score (nSPS) is 22.6. The van der Waals surface area contributed by atoms with Gasteiger partial charge in [-0.15, -0.1) is 0 Å². The number of aromatic nitrogens is 2. The Balaban J connectivity index is 1.48. The molecule has 1 unspecified atom stereocenters. The molecule has 2 aromatic heterocycles. The number of esters is 1. The van der Waals surface area contributed by atoms with Crippen molar-refractivity contribution in [2.75, 3.05) is 0 Å². The van der Waals surface area contributed by atoms with Crippen molar-refractivity contribution >= 4 is 17.5 Å². The standard InChI is InChI=1S/C17H19N3O3/c21-15-9-13(17(23-15)6-2-3-7-17)16(22)19-11-12-10-18-14-5-1-4-8-20(12)14/h1,4-5,8,10,13H,2-3,6-7,9,11H2,(H,19,22). The van der Waals surface area contributed by atoms with Crippen LogP contribution in [0, 0.1) is 5.92 Å². The fraction of sp³-hybridized carbons (Fsp3) is 0.471. The average molecular weight is 313 g/mol. The lowest BCUT2D eigenvalue weighted by atomic mass is 9.85. The van der Waals surface area contributed by atoms with Crippen LogP contribution in [0.25, 0.3) is 5.65 Å². The van der Waals surface area contributed by atoms with Crippen LogP contribution in [-0.4, -0.2) is 26.9 Å². The molecule has 120 valence electrons. The summed E-state index contributed by atoms with van der Waals surface area (Å²) in [5, 5.41) is 2.96. The molecule has 1 aliphatic heterocycles. The number of fused-ring (bicyclic) bond motifs is 1. The van der Waals surface area contributed by atoms with E-state index < -0.39 is 5.60 Å². The molecule has 3 heterocycles. The molecule has 2 aliphatic rings. The van der Waals surface area contributed by atoms with Gasteiger partial charge in [0.25, 0.3) is 0 Å². The maximum absolute atomic E-state index is 12.6. The van der Waals surface area contributed by atoms with Crippen molar-refractivity contribution in [3.05, 3.63) is 36.3 Å². The maximum Gasteiger partial charge on any atom is 0.307 e. The SMILES string of the molecule is O=C1CC(C(=O)NCc2cnc3ccccn23)C2(CCCC2)O1. The van der Waals surface area contributed by atoms with E-state index in [1.165, 1.54) is 0 Å². The molecule has 23 heavy (non-hydrogen) atoms. The third-order valence-corrected chi connectivity index (χ3v) is 5.03. The second-order valence-electron chi connectivity index (χ2n) is 6.40. The van der Waals surface area contributed by atoms with Crippen LogP contribution < -0.4 is 5.32 Å². The molecule has 1 N–H and O–H groups in total. The minimum absolute atomic E-state index is 0.0939. The van der Waals surface area contributed by atoms with Crippen molar-refractivity contribution in [1.29, 1.82) is 0 Å². The van der Waals surface area contributed by atoms with Crippen LogP contribution in [-0.2, 0) is 20.9 Å². The molecule has 6 nitrogen and oxygen atoms in total. The molecule has 1 aliphatic carbocycles. The number of pyridine rings is 1. The Bertz CT molecular complexity index is 761. The summed E-state index contributed by atoms with van der Waals surface area (Å²) >= 11 is 0. The van der Waals surface area contributed by atoms with Crippen molar-refractivity contribution in [3.63, 3.8) is 0 Å². The Hall–Kier alpha value is -2.37. The van der Waals surface area contributed by atoms with Gasteiger partial charge in [0.1, 0.15) is 11.2 Å². The van der Waals surface area contributed by atoms with E-state index in [1.807, 2.05) is 28.8 Å². The van der Waals surface area contributed by atoms with Crippen LogP contribution in [0.4, 0.5) is 0 Å². The summed E-state index contributed by atoms with van der Waals surface area (Å²) in [5.41, 5.74) is 1.21. The second-order valence-corrected chi connectivity index (χ2v) is 6.40. The minimum atomic E-state index is -0.555. The van der Waals surface area contributed by atoms with Crippen LogP contribution in [0.5, 0.6) is 0 Å². The molecule has 1 amide bonds. The number of amides is 1. The Morgan fingerprint density at radius 1 is 1.39 bits per heavy atom. The molecular formula is C17H19N3O3. The summed E-state index contributed by atoms with van der Waals surface area (Å²) in [6.07, 6.45) is 7.51. The van der Waals surface area contributed by atoms with Gasteiger partial charge in [0, 0.05) is 6.20 Å². The Morgan fingerprint density at radius 2 is 2.22 bits per heavy atom. The number of hydrogen-bond acceptors (Lipinski definition) is 4. The molecule has 0 radical (unpaired) electrons. The van der Waals surface area contributed by atoms with Crippen LogP contribution in [0.1, 0.15) is 37.8 Å². The van der Waals surface area contributed by atoms with Gasteiger partial charge in [-0.2, -0.15) is 0 Å². The monoisotopic (exact) mass is 313 g/mol. The number of ether oxygens (including phenoxy) is 1. The Labute approximate surface area is 133 Å². The van der Waals surface area contributed by atoms with Gasteiger partial charge in [-0.3, -0.25) is 9.59 Å². The van der Waals surface area contributed by atoms with E-state index in [9.17, 15) is 9.59 Å². The zero-order valence-corrected chi connectivity index (χ0v) is 12.8. The maximum atomic E-state index is 12.6. The first kappa shape index (κ1) is 14.2. The fourth-order valence-corrected chi connectivity index (χ4v) is 3.86. The highest BCUT2D eigenvalue weighted by molar-refractivity contribution is 5.87. The quantitative estimate of drug-likeness (QED) is 0.877. The van der Waals surface area contributed by atoms with Gasteiger partial charge < -0.3 is 14.5 Å². The third-order valence-electron chi connectivity index (χ3n) is 5.03. The number of carbonyl (C=O) groups excluding carboxylic acids is 2. The van der Waals surface area contributed by atoms with E-state index in [1.54, 1.807) is 6.20 Å². The Morgan fingerprint density at radius 3 is 3.04 bits per heavy atom. The van der Waals surface area contributed by atoms with Crippen molar-refractivity contribution < 1.29 is 14.3 Å². The molecule has 6 heteroatoms. The number of nitrogens with one attached hydrogen (secondary N) is 1. The predicted octanol–water partition coefficient (Wildman–Crippen LogP) is 1.83. The molecule has 4 rings (SSSR count). The van der Waals surface area contributed by atoms with E-state index in [0.29, 0.717) is 6.54 Å². The molecule has 1 saturated heterocycles. The number of carbonyl (C=O) groups is 2. The number of nitrogens with zero attached hydrogens (tertiary/aromatic N) is 2. The lowest BCUT2D eigenvalue weighted by Crippen LogP contribution is -2.42. The predicted molar refractivity (Wildman–Crippen MR) is 82.4 cm³/mol. The molecule has 1 spiro atoms. The smallest absolute Gasteiger partial charge is 0.307 e. The molecule has 2 aromatic rings. The van der Waals surface area contributed by atoms with E-state index in [4.69, 9.17) is 4.74 Å². The fourth-order valence-electron chi connectivity index (χ4n) is 3.86. The first-order chi connectivity index (χ1) is 11.2. The molecule has 1 atom stereocenters. The Kier molecular flexibility index (Phi) is 3.32. The van der Waals surface area contributed by atoms with E-state index in [-0.39, 0.29) is 24.2 Å². The van der Waals surface area contributed by atoms with Gasteiger partial charge in [-0.1, -0.05) is 6.07 Å². The number of hydrogen-bond donors (Lipinski definition) is 1. The van der Waals surface area contributed by atoms with Crippen LogP contribution in [0.2, 0.25) is 0 Å². The summed E-state index contributed by atoms with van der Waals surface area (Å²) in [7, 11) is 0. The highest BCUT2D eigenvalue weighted by Crippen LogP contribution is 2.45. The molecule has 2 fully saturated rings. The molecule has 0 aromatic carbocycles. The van der Waals surface area contributed by atoms with Crippen molar-refractivity contribution in [1.82, 2.24) is 14.7 Å². The largest absolute Gasteiger partial charge is 0.458 e. The zero-order valence-electron chi connectivity index (χ0n) is 12.8. The van der Waals surface area contributed by atoms with Gasteiger partial charge in [0.15, 0.2) is 0 Å². The van der Waals surface area contributed by atoms with E-state index >= 15 is 0 Å². The van der Waals surface area contributed by atoms with Gasteiger partial charge >= 0.3 is 5.97 Å². The van der Waals surface area contributed by atoms with Crippen LogP contribution in [0.15, 0.2) is 30.6 Å². The molecule has 0 bridgehead atoms. The van der Waals surface area contributed by atoms with E-state index in [0.717, 1.165) is 37.0 Å². The highest BCUT2D eigenvalue weighted by Gasteiger charge is 2.53. The lowest BCUT2D eigenvalue weighted by molar-refractivity contribution is -0.149. The first-order valence-corrected chi connectivity index (χ1v) is 8.08. The summed E-state index contributed by atoms with van der Waals surface area (Å²) in [5.74, 6) is -0.706. The molecular weight excluding hydrogens is 294 g/mol. The van der Waals surface area contributed by atoms with Crippen molar-refractivity contribution in [3.8, 4) is 0 Å². The lowest BCUT2D eigenvalue weighted by Gasteiger charge is -2.27. The number of imidazole rings is 1. The summed E-state index contributed by atoms with van der Waals surface area (Å²) in [6, 6.07) is 5.77. The summed E-state index contributed by atoms with van der Waals surface area (Å²) in [6.45, 7) is 0.394. The summed E-state index contributed by atoms with van der Waals surface area (Å²) in [4.78, 5) is 28.6. The summed E-state index contributed by atoms with van der Waals surface area (Å²) < 4.78 is 7.48. The molecule has 1 saturated carbocycles. The van der Waals surface area contributed by atoms with Crippen LogP contribution in [0.3, 0.4) is 0 Å². The van der Waals surface area contributed by atoms with Gasteiger partial charge in [-0.25, -0.2) is 4.98 Å². The van der Waals surface area contributed by atoms with Crippen molar-refractivity contribution in [2.24, 2.45) is 5.92 Å². The zero-order chi connectivity index (χ0) is 15.9. The average Bonchev–Trinajstić information content (AvgIpc) is 3.25. The number of rotatable bonds is 3. The van der Waals surface area contributed by atoms with Crippen LogP contribution >= 0.6 is 0 Å². The second kappa shape index (κ2) is 5.37. The topological polar surface area (TPSA) is 72.7 Å². The highest BCUT2D eigenvalue weighted by atomic mass is 16.6. The van der Waals surface area contributed by atoms with Gasteiger partial charge in [0.2, 0.25) is 5.91 Å². The van der Waals surface area contributed by atoms with Crippen molar-refractivity contribution in [2.45, 2.75) is 44.2 Å². The van der Waals surface area contributed by atoms with Gasteiger partial charge in [0.05, 0.1) is 30.8 Å². The minimum Gasteiger partial charge on any atom is -0.458 e.